The quantitative estimate of drug-likeness (QED) is 0.758. The summed E-state index contributed by atoms with van der Waals surface area (Å²) in [5.74, 6) is -0.348. The van der Waals surface area contributed by atoms with Crippen molar-refractivity contribution in [3.63, 3.8) is 0 Å². The highest BCUT2D eigenvalue weighted by molar-refractivity contribution is 6.34. The number of carbonyl (C=O) groups is 2. The molecule has 1 aliphatic rings. The van der Waals surface area contributed by atoms with Crippen LogP contribution >= 0.6 is 11.6 Å². The van der Waals surface area contributed by atoms with Gasteiger partial charge in [0.1, 0.15) is 6.61 Å². The van der Waals surface area contributed by atoms with Crippen LogP contribution in [0.1, 0.15) is 39.0 Å². The summed E-state index contributed by atoms with van der Waals surface area (Å²) in [6, 6.07) is 5.26. The number of likely N-dealkylation sites (N-methyl/N-ethyl adjacent to an activating group) is 1. The van der Waals surface area contributed by atoms with E-state index in [-0.39, 0.29) is 24.5 Å². The Morgan fingerprint density at radius 1 is 1.27 bits per heavy atom. The Morgan fingerprint density at radius 2 is 1.96 bits per heavy atom. The number of hydrogen-bond donors (Lipinski definition) is 2. The molecule has 2 rings (SSSR count). The number of nitrogens with one attached hydrogen (secondary N) is 2. The van der Waals surface area contributed by atoms with Crippen LogP contribution in [-0.4, -0.2) is 49.6 Å². The molecule has 1 aromatic carbocycles. The highest BCUT2D eigenvalue weighted by atomic mass is 35.5. The maximum absolute atomic E-state index is 12.6. The first-order valence-corrected chi connectivity index (χ1v) is 9.41. The first-order valence-electron chi connectivity index (χ1n) is 9.03. The van der Waals surface area contributed by atoms with E-state index in [1.807, 2.05) is 14.0 Å². The molecule has 0 radical (unpaired) electrons. The van der Waals surface area contributed by atoms with E-state index < -0.39 is 0 Å². The Hall–Kier alpha value is -1.63. The van der Waals surface area contributed by atoms with Crippen LogP contribution < -0.4 is 10.6 Å². The lowest BCUT2D eigenvalue weighted by Gasteiger charge is -2.34. The highest BCUT2D eigenvalue weighted by Gasteiger charge is 2.26. The van der Waals surface area contributed by atoms with Gasteiger partial charge in [0.05, 0.1) is 16.8 Å². The van der Waals surface area contributed by atoms with Crippen molar-refractivity contribution in [1.29, 1.82) is 0 Å². The van der Waals surface area contributed by atoms with Crippen molar-refractivity contribution in [2.75, 3.05) is 31.4 Å². The Bertz CT molecular complexity index is 632. The van der Waals surface area contributed by atoms with Gasteiger partial charge < -0.3 is 15.4 Å². The van der Waals surface area contributed by atoms with Crippen LogP contribution in [0.15, 0.2) is 18.2 Å². The standard InChI is InChI=1S/C19H28ClN3O3/c1-13(23(2)15-7-5-4-6-8-15)19(25)21-14-9-10-17(16(20)11-14)22-18(24)12-26-3/h9-11,13,15H,4-8,12H2,1-3H3,(H,21,25)(H,22,24). The molecule has 144 valence electrons. The van der Waals surface area contributed by atoms with Gasteiger partial charge >= 0.3 is 0 Å². The molecule has 0 saturated heterocycles. The normalized spacial score (nSPS) is 16.3. The van der Waals surface area contributed by atoms with Crippen LogP contribution in [-0.2, 0) is 14.3 Å². The third kappa shape index (κ3) is 5.69. The van der Waals surface area contributed by atoms with E-state index in [0.717, 1.165) is 12.8 Å². The summed E-state index contributed by atoms with van der Waals surface area (Å²) >= 11 is 6.20. The third-order valence-electron chi connectivity index (χ3n) is 4.93. The van der Waals surface area contributed by atoms with Gasteiger partial charge in [-0.05, 0) is 45.0 Å². The molecule has 2 N–H and O–H groups in total. The van der Waals surface area contributed by atoms with Gasteiger partial charge in [0.2, 0.25) is 11.8 Å². The Balaban J connectivity index is 1.95. The van der Waals surface area contributed by atoms with E-state index >= 15 is 0 Å². The molecule has 1 aromatic rings. The topological polar surface area (TPSA) is 70.7 Å². The fourth-order valence-corrected chi connectivity index (χ4v) is 3.48. The van der Waals surface area contributed by atoms with Crippen molar-refractivity contribution in [3.05, 3.63) is 23.2 Å². The molecule has 1 atom stereocenters. The third-order valence-corrected chi connectivity index (χ3v) is 5.24. The molecule has 0 aromatic heterocycles. The van der Waals surface area contributed by atoms with Crippen molar-refractivity contribution in [2.45, 2.75) is 51.1 Å². The van der Waals surface area contributed by atoms with E-state index in [4.69, 9.17) is 16.3 Å². The lowest BCUT2D eigenvalue weighted by Crippen LogP contribution is -2.46. The molecule has 6 nitrogen and oxygen atoms in total. The van der Waals surface area contributed by atoms with Crippen molar-refractivity contribution in [3.8, 4) is 0 Å². The van der Waals surface area contributed by atoms with Gasteiger partial charge in [-0.1, -0.05) is 30.9 Å². The lowest BCUT2D eigenvalue weighted by atomic mass is 9.93. The summed E-state index contributed by atoms with van der Waals surface area (Å²) in [5, 5.41) is 5.93. The first-order chi connectivity index (χ1) is 12.4. The molecule has 2 amide bonds. The Labute approximate surface area is 160 Å². The minimum Gasteiger partial charge on any atom is -0.375 e. The van der Waals surface area contributed by atoms with Gasteiger partial charge in [0.15, 0.2) is 0 Å². The molecule has 7 heteroatoms. The molecule has 1 saturated carbocycles. The molecule has 1 fully saturated rings. The molecular weight excluding hydrogens is 354 g/mol. The van der Waals surface area contributed by atoms with Gasteiger partial charge in [0, 0.05) is 18.8 Å². The number of ether oxygens (including phenoxy) is 1. The number of anilines is 2. The van der Waals surface area contributed by atoms with Gasteiger partial charge in [0.25, 0.3) is 0 Å². The molecule has 0 aliphatic heterocycles. The number of carbonyl (C=O) groups excluding carboxylic acids is 2. The molecule has 26 heavy (non-hydrogen) atoms. The van der Waals surface area contributed by atoms with Crippen LogP contribution in [0.4, 0.5) is 11.4 Å². The van der Waals surface area contributed by atoms with Gasteiger partial charge in [-0.2, -0.15) is 0 Å². The van der Waals surface area contributed by atoms with Crippen LogP contribution in [0.25, 0.3) is 0 Å². The molecular formula is C19H28ClN3O3. The number of methoxy groups -OCH3 is 1. The van der Waals surface area contributed by atoms with Crippen molar-refractivity contribution < 1.29 is 14.3 Å². The van der Waals surface area contributed by atoms with Crippen LogP contribution in [0.3, 0.4) is 0 Å². The van der Waals surface area contributed by atoms with E-state index in [0.29, 0.717) is 22.4 Å². The summed E-state index contributed by atoms with van der Waals surface area (Å²) in [4.78, 5) is 26.3. The van der Waals surface area contributed by atoms with Crippen molar-refractivity contribution in [2.24, 2.45) is 0 Å². The second-order valence-corrected chi connectivity index (χ2v) is 7.21. The van der Waals surface area contributed by atoms with E-state index in [2.05, 4.69) is 15.5 Å². The number of hydrogen-bond acceptors (Lipinski definition) is 4. The number of amides is 2. The van der Waals surface area contributed by atoms with Crippen molar-refractivity contribution in [1.82, 2.24) is 4.90 Å². The largest absolute Gasteiger partial charge is 0.375 e. The van der Waals surface area contributed by atoms with Gasteiger partial charge in [-0.3, -0.25) is 14.5 Å². The molecule has 1 unspecified atom stereocenters. The molecule has 0 bridgehead atoms. The Morgan fingerprint density at radius 3 is 2.58 bits per heavy atom. The van der Waals surface area contributed by atoms with Gasteiger partial charge in [-0.15, -0.1) is 0 Å². The van der Waals surface area contributed by atoms with Crippen LogP contribution in [0.2, 0.25) is 5.02 Å². The van der Waals surface area contributed by atoms with Crippen LogP contribution in [0, 0.1) is 0 Å². The van der Waals surface area contributed by atoms with E-state index in [1.165, 1.54) is 26.4 Å². The van der Waals surface area contributed by atoms with E-state index in [9.17, 15) is 9.59 Å². The number of rotatable bonds is 7. The monoisotopic (exact) mass is 381 g/mol. The number of halogens is 1. The zero-order chi connectivity index (χ0) is 19.1. The zero-order valence-electron chi connectivity index (χ0n) is 15.7. The summed E-state index contributed by atoms with van der Waals surface area (Å²) in [6.45, 7) is 1.88. The second kappa shape index (κ2) is 9.90. The Kier molecular flexibility index (Phi) is 7.87. The average molecular weight is 382 g/mol. The molecule has 0 heterocycles. The zero-order valence-corrected chi connectivity index (χ0v) is 16.4. The summed E-state index contributed by atoms with van der Waals surface area (Å²) in [5.41, 5.74) is 1.09. The maximum atomic E-state index is 12.6. The fourth-order valence-electron chi connectivity index (χ4n) is 3.25. The number of nitrogens with zero attached hydrogens (tertiary/aromatic N) is 1. The summed E-state index contributed by atoms with van der Waals surface area (Å²) in [6.07, 6.45) is 6.05. The SMILES string of the molecule is COCC(=O)Nc1ccc(NC(=O)C(C)N(C)C2CCCCC2)cc1Cl. The second-order valence-electron chi connectivity index (χ2n) is 6.80. The maximum Gasteiger partial charge on any atom is 0.250 e. The molecule has 1 aliphatic carbocycles. The minimum atomic E-state index is -0.283. The predicted molar refractivity (Wildman–Crippen MR) is 105 cm³/mol. The van der Waals surface area contributed by atoms with Gasteiger partial charge in [-0.25, -0.2) is 0 Å². The van der Waals surface area contributed by atoms with E-state index in [1.54, 1.807) is 18.2 Å². The smallest absolute Gasteiger partial charge is 0.250 e. The average Bonchev–Trinajstić information content (AvgIpc) is 2.63. The summed E-state index contributed by atoms with van der Waals surface area (Å²) in [7, 11) is 3.47. The first kappa shape index (κ1) is 20.7. The summed E-state index contributed by atoms with van der Waals surface area (Å²) < 4.78 is 4.77. The minimum absolute atomic E-state index is 0.0418. The number of benzene rings is 1. The van der Waals surface area contributed by atoms with Crippen molar-refractivity contribution >= 4 is 34.8 Å². The molecule has 0 spiro atoms. The highest BCUT2D eigenvalue weighted by Crippen LogP contribution is 2.26. The predicted octanol–water partition coefficient (Wildman–Crippen LogP) is 3.52. The van der Waals surface area contributed by atoms with Crippen LogP contribution in [0.5, 0.6) is 0 Å². The lowest BCUT2D eigenvalue weighted by molar-refractivity contribution is -0.121. The fraction of sp³-hybridized carbons (Fsp3) is 0.579.